The van der Waals surface area contributed by atoms with Crippen LogP contribution in [-0.4, -0.2) is 21.4 Å². The molecule has 0 aromatic heterocycles. The average molecular weight is 427 g/mol. The quantitative estimate of drug-likeness (QED) is 0.633. The van der Waals surface area contributed by atoms with E-state index in [1.165, 1.54) is 41.7 Å². The van der Waals surface area contributed by atoms with Crippen LogP contribution < -0.4 is 9.62 Å². The molecule has 3 aromatic carbocycles. The number of anilines is 1. The van der Waals surface area contributed by atoms with E-state index in [1.54, 1.807) is 43.3 Å². The number of halogens is 1. The summed E-state index contributed by atoms with van der Waals surface area (Å²) in [6, 6.07) is 18.5. The molecule has 0 saturated heterocycles. The van der Waals surface area contributed by atoms with Crippen molar-refractivity contribution in [2.24, 2.45) is 0 Å². The highest BCUT2D eigenvalue weighted by Gasteiger charge is 2.23. The lowest BCUT2D eigenvalue weighted by molar-refractivity contribution is 0.0939. The minimum absolute atomic E-state index is 0.0218. The van der Waals surface area contributed by atoms with E-state index in [0.717, 1.165) is 11.1 Å². The molecule has 0 aliphatic carbocycles. The molecule has 1 amide bonds. The Hall–Kier alpha value is -3.19. The Morgan fingerprint density at radius 3 is 2.33 bits per heavy atom. The second-order valence-corrected chi connectivity index (χ2v) is 9.06. The number of carbonyl (C=O) groups excluding carboxylic acids is 1. The molecule has 1 atom stereocenters. The summed E-state index contributed by atoms with van der Waals surface area (Å²) in [6.07, 6.45) is 0. The minimum atomic E-state index is -3.84. The van der Waals surface area contributed by atoms with Gasteiger partial charge < -0.3 is 5.32 Å². The predicted octanol–water partition coefficient (Wildman–Crippen LogP) is 4.45. The van der Waals surface area contributed by atoms with Crippen molar-refractivity contribution in [3.8, 4) is 0 Å². The average Bonchev–Trinajstić information content (AvgIpc) is 2.73. The van der Waals surface area contributed by atoms with Crippen LogP contribution in [0.25, 0.3) is 0 Å². The molecule has 1 N–H and O–H groups in total. The Balaban J connectivity index is 1.82. The Labute approximate surface area is 176 Å². The molecule has 0 aliphatic heterocycles. The first-order valence-corrected chi connectivity index (χ1v) is 10.8. The second-order valence-electron chi connectivity index (χ2n) is 7.09. The lowest BCUT2D eigenvalue weighted by Crippen LogP contribution is -2.28. The molecule has 30 heavy (non-hydrogen) atoms. The van der Waals surface area contributed by atoms with Crippen LogP contribution in [0.1, 0.15) is 34.5 Å². The lowest BCUT2D eigenvalue weighted by atomic mass is 10.1. The van der Waals surface area contributed by atoms with Crippen LogP contribution >= 0.6 is 0 Å². The summed E-state index contributed by atoms with van der Waals surface area (Å²) in [5.41, 5.74) is 2.45. The van der Waals surface area contributed by atoms with Gasteiger partial charge in [-0.25, -0.2) is 12.8 Å². The molecule has 7 heteroatoms. The van der Waals surface area contributed by atoms with Crippen molar-refractivity contribution < 1.29 is 17.6 Å². The van der Waals surface area contributed by atoms with Gasteiger partial charge in [-0.3, -0.25) is 9.10 Å². The van der Waals surface area contributed by atoms with Gasteiger partial charge in [0.15, 0.2) is 0 Å². The molecule has 5 nitrogen and oxygen atoms in total. The van der Waals surface area contributed by atoms with Crippen LogP contribution in [0.5, 0.6) is 0 Å². The molecule has 0 fully saturated rings. The molecule has 3 rings (SSSR count). The summed E-state index contributed by atoms with van der Waals surface area (Å²) in [5.74, 6) is -0.769. The fourth-order valence-corrected chi connectivity index (χ4v) is 4.27. The molecule has 156 valence electrons. The number of carbonyl (C=O) groups is 1. The summed E-state index contributed by atoms with van der Waals surface area (Å²) in [5, 5.41) is 2.81. The van der Waals surface area contributed by atoms with Gasteiger partial charge in [0, 0.05) is 12.6 Å². The molecule has 0 bridgehead atoms. The van der Waals surface area contributed by atoms with Crippen molar-refractivity contribution >= 4 is 21.6 Å². The Morgan fingerprint density at radius 1 is 1.00 bits per heavy atom. The van der Waals surface area contributed by atoms with Gasteiger partial charge in [-0.1, -0.05) is 30.3 Å². The molecular weight excluding hydrogens is 403 g/mol. The number of sulfonamides is 1. The van der Waals surface area contributed by atoms with Crippen molar-refractivity contribution in [3.63, 3.8) is 0 Å². The van der Waals surface area contributed by atoms with Crippen molar-refractivity contribution in [1.29, 1.82) is 0 Å². The maximum Gasteiger partial charge on any atom is 0.264 e. The van der Waals surface area contributed by atoms with Crippen molar-refractivity contribution in [3.05, 3.63) is 95.3 Å². The predicted molar refractivity (Wildman–Crippen MR) is 115 cm³/mol. The van der Waals surface area contributed by atoms with Crippen molar-refractivity contribution in [1.82, 2.24) is 5.32 Å². The van der Waals surface area contributed by atoms with Gasteiger partial charge >= 0.3 is 0 Å². The zero-order valence-corrected chi connectivity index (χ0v) is 17.8. The summed E-state index contributed by atoms with van der Waals surface area (Å²) >= 11 is 0. The van der Waals surface area contributed by atoms with E-state index >= 15 is 0 Å². The first-order valence-electron chi connectivity index (χ1n) is 9.40. The fourth-order valence-electron chi connectivity index (χ4n) is 3.03. The number of rotatable bonds is 6. The van der Waals surface area contributed by atoms with E-state index in [0.29, 0.717) is 5.69 Å². The van der Waals surface area contributed by atoms with E-state index in [9.17, 15) is 17.6 Å². The minimum Gasteiger partial charge on any atom is -0.346 e. The number of nitrogens with zero attached hydrogens (tertiary/aromatic N) is 1. The molecule has 3 aromatic rings. The van der Waals surface area contributed by atoms with E-state index in [-0.39, 0.29) is 22.3 Å². The first kappa shape index (κ1) is 21.5. The monoisotopic (exact) mass is 426 g/mol. The molecule has 0 spiro atoms. The highest BCUT2D eigenvalue weighted by Crippen LogP contribution is 2.23. The van der Waals surface area contributed by atoms with Crippen molar-refractivity contribution in [2.45, 2.75) is 24.8 Å². The van der Waals surface area contributed by atoms with E-state index < -0.39 is 15.9 Å². The number of amides is 1. The lowest BCUT2D eigenvalue weighted by Gasteiger charge is -2.20. The number of hydrogen-bond donors (Lipinski definition) is 1. The second kappa shape index (κ2) is 8.67. The number of aryl methyl sites for hydroxylation is 1. The maximum atomic E-state index is 13.1. The van der Waals surface area contributed by atoms with Gasteiger partial charge in [-0.15, -0.1) is 0 Å². The Morgan fingerprint density at radius 2 is 1.67 bits per heavy atom. The zero-order valence-electron chi connectivity index (χ0n) is 17.0. The number of hydrogen-bond acceptors (Lipinski definition) is 3. The van der Waals surface area contributed by atoms with E-state index in [2.05, 4.69) is 5.32 Å². The zero-order chi connectivity index (χ0) is 21.9. The maximum absolute atomic E-state index is 13.1. The molecule has 0 heterocycles. The topological polar surface area (TPSA) is 66.5 Å². The number of benzene rings is 3. The van der Waals surface area contributed by atoms with Crippen LogP contribution in [0.15, 0.2) is 77.7 Å². The van der Waals surface area contributed by atoms with E-state index in [4.69, 9.17) is 0 Å². The smallest absolute Gasteiger partial charge is 0.264 e. The Bertz CT molecular complexity index is 1160. The van der Waals surface area contributed by atoms with Crippen LogP contribution in [-0.2, 0) is 10.0 Å². The molecule has 0 aliphatic rings. The summed E-state index contributed by atoms with van der Waals surface area (Å²) in [6.45, 7) is 3.66. The third-order valence-corrected chi connectivity index (χ3v) is 6.62. The van der Waals surface area contributed by atoms with E-state index in [1.807, 2.05) is 13.0 Å². The van der Waals surface area contributed by atoms with Gasteiger partial charge in [0.1, 0.15) is 5.82 Å². The fraction of sp³-hybridized carbons (Fsp3) is 0.174. The largest absolute Gasteiger partial charge is 0.346 e. The third kappa shape index (κ3) is 4.68. The highest BCUT2D eigenvalue weighted by molar-refractivity contribution is 7.92. The first-order chi connectivity index (χ1) is 14.2. The van der Waals surface area contributed by atoms with Gasteiger partial charge in [0.2, 0.25) is 0 Å². The van der Waals surface area contributed by atoms with Gasteiger partial charge in [0.05, 0.1) is 16.6 Å². The van der Waals surface area contributed by atoms with Crippen LogP contribution in [0.3, 0.4) is 0 Å². The summed E-state index contributed by atoms with van der Waals surface area (Å²) < 4.78 is 40.4. The van der Waals surface area contributed by atoms with Gasteiger partial charge in [-0.05, 0) is 67.4 Å². The molecular formula is C23H23FN2O3S. The van der Waals surface area contributed by atoms with Crippen LogP contribution in [0.2, 0.25) is 0 Å². The Kier molecular flexibility index (Phi) is 6.22. The molecule has 0 unspecified atom stereocenters. The van der Waals surface area contributed by atoms with Crippen LogP contribution in [0, 0.1) is 12.7 Å². The van der Waals surface area contributed by atoms with Crippen LogP contribution in [0.4, 0.5) is 10.1 Å². The summed E-state index contributed by atoms with van der Waals surface area (Å²) in [4.78, 5) is 12.7. The summed E-state index contributed by atoms with van der Waals surface area (Å²) in [7, 11) is -2.36. The standard InChI is InChI=1S/C23H23FN2O3S/c1-16-6-4-8-21(14-16)26(3)30(28,29)22-9-5-7-19(15-22)23(27)25-17(2)18-10-12-20(24)13-11-18/h4-15,17H,1-3H3,(H,25,27)/t17-/m1/s1. The number of nitrogens with one attached hydrogen (secondary N) is 1. The molecule has 0 saturated carbocycles. The third-order valence-electron chi connectivity index (χ3n) is 4.84. The molecule has 0 radical (unpaired) electrons. The van der Waals surface area contributed by atoms with Gasteiger partial charge in [0.25, 0.3) is 15.9 Å². The van der Waals surface area contributed by atoms with Crippen molar-refractivity contribution in [2.75, 3.05) is 11.4 Å². The highest BCUT2D eigenvalue weighted by atomic mass is 32.2. The SMILES string of the molecule is Cc1cccc(N(C)S(=O)(=O)c2cccc(C(=O)N[C@H](C)c3ccc(F)cc3)c2)c1. The van der Waals surface area contributed by atoms with Gasteiger partial charge in [-0.2, -0.15) is 0 Å². The normalized spacial score (nSPS) is 12.3.